The van der Waals surface area contributed by atoms with Gasteiger partial charge in [0, 0.05) is 24.5 Å². The number of hydrogen-bond acceptors (Lipinski definition) is 5. The molecule has 3 unspecified atom stereocenters. The molecule has 8 nitrogen and oxygen atoms in total. The molecule has 28 heavy (non-hydrogen) atoms. The highest BCUT2D eigenvalue weighted by Gasteiger charge is 2.76. The minimum Gasteiger partial charge on any atom is -0.395 e. The Kier molecular flexibility index (Phi) is 6.66. The number of carbonyl (C=O) groups is 3. The number of amides is 3. The lowest BCUT2D eigenvalue weighted by molar-refractivity contribution is -0.142. The SMILES string of the molecule is CCCCNC(=O)C1N(CCO)C(=O)[C@@H]2[C@@H](C(=O)NCCC)[C@@H]3OC12CC3Br. The molecule has 3 N–H and O–H groups in total. The Balaban J connectivity index is 1.92. The first-order chi connectivity index (χ1) is 13.4. The van der Waals surface area contributed by atoms with Crippen molar-refractivity contribution in [3.63, 3.8) is 0 Å². The van der Waals surface area contributed by atoms with Crippen molar-refractivity contribution in [2.24, 2.45) is 11.8 Å². The lowest BCUT2D eigenvalue weighted by atomic mass is 9.70. The molecule has 158 valence electrons. The van der Waals surface area contributed by atoms with Gasteiger partial charge >= 0.3 is 0 Å². The average molecular weight is 460 g/mol. The second-order valence-electron chi connectivity index (χ2n) is 7.85. The molecule has 2 bridgehead atoms. The van der Waals surface area contributed by atoms with Crippen molar-refractivity contribution in [1.29, 1.82) is 0 Å². The number of ether oxygens (including phenoxy) is 1. The number of aliphatic hydroxyl groups excluding tert-OH is 1. The molecule has 3 aliphatic heterocycles. The Bertz CT molecular complexity index is 633. The maximum Gasteiger partial charge on any atom is 0.245 e. The number of alkyl halides is 1. The fourth-order valence-electron chi connectivity index (χ4n) is 4.93. The van der Waals surface area contributed by atoms with Crippen LogP contribution < -0.4 is 10.6 Å². The van der Waals surface area contributed by atoms with Gasteiger partial charge in [0.1, 0.15) is 11.6 Å². The molecule has 3 aliphatic rings. The first-order valence-corrected chi connectivity index (χ1v) is 11.1. The number of nitrogens with zero attached hydrogens (tertiary/aromatic N) is 1. The summed E-state index contributed by atoms with van der Waals surface area (Å²) in [6.45, 7) is 4.86. The molecule has 3 heterocycles. The molecular formula is C19H30BrN3O5. The molecule has 3 fully saturated rings. The molecule has 0 saturated carbocycles. The van der Waals surface area contributed by atoms with Crippen molar-refractivity contribution in [2.45, 2.75) is 62.1 Å². The van der Waals surface area contributed by atoms with E-state index in [-0.39, 0.29) is 35.7 Å². The number of likely N-dealkylation sites (tertiary alicyclic amines) is 1. The summed E-state index contributed by atoms with van der Waals surface area (Å²) in [5.41, 5.74) is -1.03. The van der Waals surface area contributed by atoms with Crippen LogP contribution in [0.2, 0.25) is 0 Å². The van der Waals surface area contributed by atoms with Gasteiger partial charge in [0.05, 0.1) is 24.5 Å². The first-order valence-electron chi connectivity index (χ1n) is 10.2. The van der Waals surface area contributed by atoms with Crippen LogP contribution in [-0.4, -0.2) is 76.5 Å². The molecule has 0 aromatic rings. The minimum absolute atomic E-state index is 0.0488. The second-order valence-corrected chi connectivity index (χ2v) is 9.03. The van der Waals surface area contributed by atoms with E-state index in [4.69, 9.17) is 4.74 Å². The van der Waals surface area contributed by atoms with Crippen LogP contribution in [0.25, 0.3) is 0 Å². The van der Waals surface area contributed by atoms with Gasteiger partial charge in [-0.2, -0.15) is 0 Å². The zero-order valence-corrected chi connectivity index (χ0v) is 18.0. The van der Waals surface area contributed by atoms with Crippen molar-refractivity contribution in [2.75, 3.05) is 26.2 Å². The number of β-amino-alcohol motifs (C(OH)–C–C–N with tert-alkyl or cyclic N) is 1. The Morgan fingerprint density at radius 3 is 2.61 bits per heavy atom. The third-order valence-electron chi connectivity index (χ3n) is 6.06. The summed E-state index contributed by atoms with van der Waals surface area (Å²) >= 11 is 3.61. The summed E-state index contributed by atoms with van der Waals surface area (Å²) in [7, 11) is 0. The van der Waals surface area contributed by atoms with Gasteiger partial charge in [-0.15, -0.1) is 0 Å². The largest absolute Gasteiger partial charge is 0.395 e. The van der Waals surface area contributed by atoms with Crippen LogP contribution in [0.5, 0.6) is 0 Å². The van der Waals surface area contributed by atoms with Crippen molar-refractivity contribution < 1.29 is 24.2 Å². The predicted octanol–water partition coefficient (Wildman–Crippen LogP) is 0.169. The summed E-state index contributed by atoms with van der Waals surface area (Å²) in [4.78, 5) is 40.5. The number of aliphatic hydroxyl groups is 1. The van der Waals surface area contributed by atoms with Crippen LogP contribution in [-0.2, 0) is 19.1 Å². The van der Waals surface area contributed by atoms with Crippen LogP contribution in [0.15, 0.2) is 0 Å². The first kappa shape index (κ1) is 21.5. The van der Waals surface area contributed by atoms with Crippen LogP contribution >= 0.6 is 15.9 Å². The van der Waals surface area contributed by atoms with E-state index in [0.29, 0.717) is 19.5 Å². The molecule has 6 atom stereocenters. The lowest BCUT2D eigenvalue weighted by Gasteiger charge is -2.34. The topological polar surface area (TPSA) is 108 Å². The normalized spacial score (nSPS) is 35.9. The molecule has 9 heteroatoms. The van der Waals surface area contributed by atoms with Crippen molar-refractivity contribution in [1.82, 2.24) is 15.5 Å². The second kappa shape index (κ2) is 8.67. The summed E-state index contributed by atoms with van der Waals surface area (Å²) in [5.74, 6) is -2.08. The summed E-state index contributed by atoms with van der Waals surface area (Å²) < 4.78 is 6.28. The molecule has 1 spiro atoms. The van der Waals surface area contributed by atoms with E-state index >= 15 is 0 Å². The maximum absolute atomic E-state index is 13.3. The zero-order valence-electron chi connectivity index (χ0n) is 16.4. The molecule has 0 aliphatic carbocycles. The molecule has 0 radical (unpaired) electrons. The third kappa shape index (κ3) is 3.35. The van der Waals surface area contributed by atoms with Crippen molar-refractivity contribution >= 4 is 33.7 Å². The Hall–Kier alpha value is -1.19. The van der Waals surface area contributed by atoms with Crippen molar-refractivity contribution in [3.8, 4) is 0 Å². The van der Waals surface area contributed by atoms with Crippen molar-refractivity contribution in [3.05, 3.63) is 0 Å². The van der Waals surface area contributed by atoms with Gasteiger partial charge in [-0.25, -0.2) is 0 Å². The Labute approximate surface area is 173 Å². The number of halogens is 1. The average Bonchev–Trinajstić information content (AvgIpc) is 3.24. The van der Waals surface area contributed by atoms with Gasteiger partial charge in [0.15, 0.2) is 0 Å². The molecule has 3 rings (SSSR count). The highest BCUT2D eigenvalue weighted by molar-refractivity contribution is 9.09. The monoisotopic (exact) mass is 459 g/mol. The van der Waals surface area contributed by atoms with Crippen LogP contribution in [0.1, 0.15) is 39.5 Å². The van der Waals surface area contributed by atoms with Gasteiger partial charge in [0.25, 0.3) is 0 Å². The molecule has 3 amide bonds. The van der Waals surface area contributed by atoms with E-state index in [1.54, 1.807) is 0 Å². The number of nitrogens with one attached hydrogen (secondary N) is 2. The summed E-state index contributed by atoms with van der Waals surface area (Å²) in [5, 5.41) is 15.3. The summed E-state index contributed by atoms with van der Waals surface area (Å²) in [6, 6.07) is -0.831. The van der Waals surface area contributed by atoms with Gasteiger partial charge in [-0.05, 0) is 19.3 Å². The molecule has 0 aromatic carbocycles. The van der Waals surface area contributed by atoms with E-state index in [1.807, 2.05) is 13.8 Å². The number of rotatable bonds is 9. The highest BCUT2D eigenvalue weighted by Crippen LogP contribution is 2.59. The maximum atomic E-state index is 13.3. The zero-order chi connectivity index (χ0) is 20.5. The molecular weight excluding hydrogens is 430 g/mol. The van der Waals surface area contributed by atoms with Gasteiger partial charge < -0.3 is 25.4 Å². The van der Waals surface area contributed by atoms with Crippen LogP contribution in [0.3, 0.4) is 0 Å². The van der Waals surface area contributed by atoms with E-state index in [2.05, 4.69) is 26.6 Å². The fraction of sp³-hybridized carbons (Fsp3) is 0.842. The quantitative estimate of drug-likeness (QED) is 0.336. The minimum atomic E-state index is -1.03. The van der Waals surface area contributed by atoms with Crippen LogP contribution in [0, 0.1) is 11.8 Å². The number of carbonyl (C=O) groups excluding carboxylic acids is 3. The lowest BCUT2D eigenvalue weighted by Crippen LogP contribution is -2.56. The van der Waals surface area contributed by atoms with E-state index < -0.39 is 29.6 Å². The summed E-state index contributed by atoms with van der Waals surface area (Å²) in [6.07, 6.45) is 2.63. The third-order valence-corrected chi connectivity index (χ3v) is 6.90. The smallest absolute Gasteiger partial charge is 0.245 e. The number of unbranched alkanes of at least 4 members (excludes halogenated alkanes) is 1. The van der Waals surface area contributed by atoms with Gasteiger partial charge in [-0.1, -0.05) is 36.2 Å². The molecule has 0 aromatic heterocycles. The van der Waals surface area contributed by atoms with Gasteiger partial charge in [0.2, 0.25) is 17.7 Å². The van der Waals surface area contributed by atoms with E-state index in [9.17, 15) is 19.5 Å². The Morgan fingerprint density at radius 2 is 1.96 bits per heavy atom. The fourth-order valence-corrected chi connectivity index (χ4v) is 5.87. The predicted molar refractivity (Wildman–Crippen MR) is 106 cm³/mol. The molecule has 3 saturated heterocycles. The van der Waals surface area contributed by atoms with E-state index in [0.717, 1.165) is 19.3 Å². The number of hydrogen-bond donors (Lipinski definition) is 3. The van der Waals surface area contributed by atoms with Crippen LogP contribution in [0.4, 0.5) is 0 Å². The van der Waals surface area contributed by atoms with E-state index in [1.165, 1.54) is 4.90 Å². The Morgan fingerprint density at radius 1 is 1.25 bits per heavy atom. The standard InChI is InChI=1S/C19H30BrN3O5/c1-3-5-7-22-17(26)15-19-10-11(20)14(28-19)12(16(25)21-6-4-2)13(19)18(27)23(15)8-9-24/h11-15,24H,3-10H2,1-2H3,(H,21,25)(H,22,26)/t11?,12-,13+,14-,15?,19?/m1/s1. The number of fused-ring (bicyclic) bond motifs is 1. The highest BCUT2D eigenvalue weighted by atomic mass is 79.9. The van der Waals surface area contributed by atoms with Gasteiger partial charge in [-0.3, -0.25) is 14.4 Å².